The van der Waals surface area contributed by atoms with E-state index in [4.69, 9.17) is 19.9 Å². The van der Waals surface area contributed by atoms with Gasteiger partial charge in [0.25, 0.3) is 11.8 Å². The number of unbranched alkanes of at least 4 members (excludes halogenated alkanes) is 7. The second-order valence-electron chi connectivity index (χ2n) is 18.9. The standard InChI is InChI=1S/C50H61N5O14S2/c1-26(56)68-24-28-25-71-48-39(52-34(57)23-29-15-14-20-70-29)47(64)55(48)40(28)49(65)67-19-13-11-9-7-6-8-10-12-16-35(58)69-33-18-17-32(53(2)3)30-21-27-22-31-41(54(4)5)43(60)38(46(51)63)45(62)50(31,66)44(61)36(27)42(59)37(30)33/h14-15,17-18,20,27,31,39,41,48,59,62,66H,6-13,16,19,21-25H2,1-5H3,(H2,51,63)(H,52,57)/t27-,31-,39+,41-,48+,50-/m0/s1. The first kappa shape index (κ1) is 52.8. The molecule has 2 fully saturated rings. The van der Waals surface area contributed by atoms with Crippen LogP contribution in [0.2, 0.25) is 0 Å². The van der Waals surface area contributed by atoms with Gasteiger partial charge >= 0.3 is 17.9 Å². The molecule has 2 aliphatic heterocycles. The number of nitrogens with two attached hydrogens (primary N) is 1. The molecular formula is C50H61N5O14S2. The fourth-order valence-corrected chi connectivity index (χ4v) is 12.4. The van der Waals surface area contributed by atoms with E-state index in [0.29, 0.717) is 35.4 Å². The number of hydrogen-bond donors (Lipinski definition) is 5. The van der Waals surface area contributed by atoms with E-state index in [2.05, 4.69) is 5.32 Å². The van der Waals surface area contributed by atoms with E-state index in [0.717, 1.165) is 43.4 Å². The maximum Gasteiger partial charge on any atom is 0.355 e. The molecule has 71 heavy (non-hydrogen) atoms. The molecule has 0 unspecified atom stereocenters. The third-order valence-corrected chi connectivity index (χ3v) is 15.9. The Bertz CT molecular complexity index is 2590. The van der Waals surface area contributed by atoms with Crippen molar-refractivity contribution in [3.63, 3.8) is 0 Å². The summed E-state index contributed by atoms with van der Waals surface area (Å²) < 4.78 is 16.6. The lowest BCUT2D eigenvalue weighted by Gasteiger charge is -2.50. The van der Waals surface area contributed by atoms with E-state index in [1.807, 2.05) is 22.4 Å². The SMILES string of the molecule is CC(=O)OCC1=C(C(=O)OCCCCCCCCCCC(=O)Oc2ccc(N(C)C)c3c2C(O)=C2C(=O)[C@]4(O)C(O)=C(C(N)=O)C(=O)[C@@H](N(C)C)[C@@H]4C[C@@H]2C3)N2C(=O)[C@@H](NC(=O)Cc3cccs3)[C@H]2SC1. The number of aliphatic hydroxyl groups is 3. The maximum absolute atomic E-state index is 14.4. The van der Waals surface area contributed by atoms with Gasteiger partial charge in [-0.1, -0.05) is 44.6 Å². The number of thiophene rings is 1. The number of thioether (sulfide) groups is 1. The highest BCUT2D eigenvalue weighted by atomic mass is 32.2. The third-order valence-electron chi connectivity index (χ3n) is 13.7. The monoisotopic (exact) mass is 1020 g/mol. The molecule has 0 bridgehead atoms. The lowest BCUT2D eigenvalue weighted by molar-refractivity contribution is -0.153. The van der Waals surface area contributed by atoms with Crippen molar-refractivity contribution in [2.45, 2.75) is 107 Å². The average Bonchev–Trinajstić information content (AvgIpc) is 3.82. The van der Waals surface area contributed by atoms with Crippen molar-refractivity contribution in [2.75, 3.05) is 52.1 Å². The summed E-state index contributed by atoms with van der Waals surface area (Å²) in [7, 11) is 6.71. The Morgan fingerprint density at radius 3 is 2.27 bits per heavy atom. The van der Waals surface area contributed by atoms with Gasteiger partial charge < -0.3 is 45.5 Å². The summed E-state index contributed by atoms with van der Waals surface area (Å²) in [6, 6.07) is 5.00. The molecule has 1 saturated heterocycles. The van der Waals surface area contributed by atoms with E-state index in [1.165, 1.54) is 45.9 Å². The highest BCUT2D eigenvalue weighted by Crippen LogP contribution is 2.54. The van der Waals surface area contributed by atoms with E-state index in [9.17, 15) is 53.7 Å². The van der Waals surface area contributed by atoms with Gasteiger partial charge in [0.05, 0.1) is 24.6 Å². The number of hydrogen-bond acceptors (Lipinski definition) is 18. The molecule has 3 aliphatic carbocycles. The first-order valence-corrected chi connectivity index (χ1v) is 25.7. The number of carbonyl (C=O) groups excluding carboxylic acids is 8. The van der Waals surface area contributed by atoms with Crippen molar-refractivity contribution >= 4 is 81.7 Å². The maximum atomic E-state index is 14.4. The minimum atomic E-state index is -2.73. The van der Waals surface area contributed by atoms with Gasteiger partial charge in [-0.05, 0) is 74.8 Å². The summed E-state index contributed by atoms with van der Waals surface area (Å²) in [5.41, 5.74) is 3.55. The first-order valence-electron chi connectivity index (χ1n) is 23.7. The quantitative estimate of drug-likeness (QED) is 0.0391. The molecule has 3 heterocycles. The highest BCUT2D eigenvalue weighted by Gasteiger charge is 2.64. The minimum absolute atomic E-state index is 0.0101. The zero-order chi connectivity index (χ0) is 51.5. The van der Waals surface area contributed by atoms with Gasteiger partial charge in [-0.2, -0.15) is 0 Å². The highest BCUT2D eigenvalue weighted by molar-refractivity contribution is 8.00. The van der Waals surface area contributed by atoms with E-state index < -0.39 is 93.3 Å². The van der Waals surface area contributed by atoms with Crippen LogP contribution in [0.25, 0.3) is 5.76 Å². The molecule has 1 aromatic carbocycles. The predicted octanol–water partition coefficient (Wildman–Crippen LogP) is 3.81. The number of esters is 3. The van der Waals surface area contributed by atoms with Gasteiger partial charge in [0, 0.05) is 60.8 Å². The molecular weight excluding hydrogens is 959 g/mol. The summed E-state index contributed by atoms with van der Waals surface area (Å²) in [6.45, 7) is 1.22. The first-order chi connectivity index (χ1) is 33.8. The van der Waals surface area contributed by atoms with Crippen LogP contribution in [-0.4, -0.2) is 143 Å². The Hall–Kier alpha value is -6.03. The van der Waals surface area contributed by atoms with Gasteiger partial charge in [0.15, 0.2) is 11.4 Å². The van der Waals surface area contributed by atoms with Crippen molar-refractivity contribution in [3.8, 4) is 5.75 Å². The number of aliphatic hydroxyl groups excluding tert-OH is 2. The van der Waals surface area contributed by atoms with Crippen LogP contribution in [0.15, 0.2) is 57.8 Å². The lowest BCUT2D eigenvalue weighted by Crippen LogP contribution is -2.70. The topological polar surface area (TPSA) is 273 Å². The van der Waals surface area contributed by atoms with Gasteiger partial charge in [-0.15, -0.1) is 23.1 Å². The summed E-state index contributed by atoms with van der Waals surface area (Å²) in [4.78, 5) is 110. The molecule has 3 amide bonds. The van der Waals surface area contributed by atoms with Crippen LogP contribution in [0.3, 0.4) is 0 Å². The van der Waals surface area contributed by atoms with Crippen LogP contribution < -0.4 is 20.7 Å². The van der Waals surface area contributed by atoms with Crippen LogP contribution in [0.5, 0.6) is 5.75 Å². The number of benzene rings is 1. The average molecular weight is 1020 g/mol. The molecule has 7 rings (SSSR count). The second kappa shape index (κ2) is 22.2. The van der Waals surface area contributed by atoms with Crippen LogP contribution >= 0.6 is 23.1 Å². The zero-order valence-corrected chi connectivity index (χ0v) is 42.1. The number of nitrogens with one attached hydrogen (secondary N) is 1. The molecule has 21 heteroatoms. The molecule has 19 nitrogen and oxygen atoms in total. The Morgan fingerprint density at radius 1 is 0.944 bits per heavy atom. The van der Waals surface area contributed by atoms with Crippen LogP contribution in [-0.2, 0) is 60.7 Å². The van der Waals surface area contributed by atoms with Crippen molar-refractivity contribution in [1.29, 1.82) is 0 Å². The molecule has 5 aliphatic rings. The molecule has 1 aromatic heterocycles. The summed E-state index contributed by atoms with van der Waals surface area (Å²) in [5, 5.41) is 39.3. The molecule has 0 spiro atoms. The molecule has 6 N–H and O–H groups in total. The third kappa shape index (κ3) is 10.6. The van der Waals surface area contributed by atoms with Crippen molar-refractivity contribution < 1.29 is 67.9 Å². The largest absolute Gasteiger partial charge is 0.508 e. The number of likely N-dealkylation sites (N-methyl/N-ethyl adjacent to an activating group) is 1. The van der Waals surface area contributed by atoms with E-state index in [-0.39, 0.29) is 67.4 Å². The lowest BCUT2D eigenvalue weighted by atomic mass is 9.57. The Balaban J connectivity index is 0.872. The fraction of sp³-hybridized carbons (Fsp3) is 0.520. The number of primary amides is 1. The minimum Gasteiger partial charge on any atom is -0.508 e. The molecule has 6 atom stereocenters. The van der Waals surface area contributed by atoms with Crippen LogP contribution in [0, 0.1) is 11.8 Å². The van der Waals surface area contributed by atoms with Crippen molar-refractivity contribution in [3.05, 3.63) is 73.8 Å². The number of fused-ring (bicyclic) bond motifs is 4. The zero-order valence-electron chi connectivity index (χ0n) is 40.4. The van der Waals surface area contributed by atoms with Gasteiger partial charge in [-0.25, -0.2) is 4.79 Å². The summed E-state index contributed by atoms with van der Waals surface area (Å²) >= 11 is 2.82. The van der Waals surface area contributed by atoms with Crippen molar-refractivity contribution in [2.24, 2.45) is 17.6 Å². The fourth-order valence-electron chi connectivity index (χ4n) is 10.3. The van der Waals surface area contributed by atoms with E-state index in [1.54, 1.807) is 34.3 Å². The summed E-state index contributed by atoms with van der Waals surface area (Å²) in [5.74, 6) is -8.87. The van der Waals surface area contributed by atoms with Gasteiger partial charge in [0.2, 0.25) is 11.7 Å². The van der Waals surface area contributed by atoms with Gasteiger partial charge in [-0.3, -0.25) is 43.4 Å². The number of Topliss-reactive ketones (excluding diaryl/α,β-unsaturated/α-hetero) is 2. The number of carbonyl (C=O) groups is 8. The Morgan fingerprint density at radius 2 is 1.63 bits per heavy atom. The van der Waals surface area contributed by atoms with Crippen LogP contribution in [0.1, 0.15) is 87.1 Å². The number of ketones is 2. The number of β-lactam (4-membered cyclic amide) rings is 1. The number of anilines is 1. The number of ether oxygens (including phenoxy) is 3. The van der Waals surface area contributed by atoms with Crippen LogP contribution in [0.4, 0.5) is 5.69 Å². The second-order valence-corrected chi connectivity index (χ2v) is 21.1. The Labute approximate surface area is 419 Å². The summed E-state index contributed by atoms with van der Waals surface area (Å²) in [6.07, 6.45) is 6.59. The molecule has 2 aromatic rings. The molecule has 382 valence electrons. The predicted molar refractivity (Wildman–Crippen MR) is 262 cm³/mol. The Kier molecular flexibility index (Phi) is 16.5. The van der Waals surface area contributed by atoms with Gasteiger partial charge in [0.1, 0.15) is 46.6 Å². The van der Waals surface area contributed by atoms with E-state index >= 15 is 0 Å². The van der Waals surface area contributed by atoms with Crippen molar-refractivity contribution in [1.82, 2.24) is 15.1 Å². The molecule has 0 radical (unpaired) electrons. The normalized spacial score (nSPS) is 23.6. The number of rotatable bonds is 21. The smallest absolute Gasteiger partial charge is 0.355 e. The number of amides is 3. The molecule has 1 saturated carbocycles. The number of nitrogens with zero attached hydrogens (tertiary/aromatic N) is 3.